The zero-order chi connectivity index (χ0) is 16.7. The predicted molar refractivity (Wildman–Crippen MR) is 95.8 cm³/mol. The summed E-state index contributed by atoms with van der Waals surface area (Å²) in [6, 6.07) is 8.80. The second-order valence-corrected chi connectivity index (χ2v) is 7.63. The lowest BCUT2D eigenvalue weighted by Gasteiger charge is -1.93. The van der Waals surface area contributed by atoms with Crippen molar-refractivity contribution in [1.29, 1.82) is 0 Å². The van der Waals surface area contributed by atoms with Crippen molar-refractivity contribution in [2.24, 2.45) is 0 Å². The Morgan fingerprint density at radius 2 is 2.12 bits per heavy atom. The van der Waals surface area contributed by atoms with Gasteiger partial charge in [-0.05, 0) is 24.6 Å². The average Bonchev–Trinajstić information content (AvgIpc) is 3.14. The summed E-state index contributed by atoms with van der Waals surface area (Å²) >= 11 is 3.06. The maximum absolute atomic E-state index is 10.8. The lowest BCUT2D eigenvalue weighted by Crippen LogP contribution is -1.85. The van der Waals surface area contributed by atoms with Crippen LogP contribution < -0.4 is 0 Å². The number of rotatable bonds is 4. The Labute approximate surface area is 145 Å². The van der Waals surface area contributed by atoms with E-state index in [4.69, 9.17) is 0 Å². The van der Waals surface area contributed by atoms with E-state index in [-0.39, 0.29) is 10.6 Å². The molecule has 0 atom stereocenters. The molecule has 1 aromatic carbocycles. The second-order valence-electron chi connectivity index (χ2n) is 5.38. The van der Waals surface area contributed by atoms with Crippen molar-refractivity contribution in [2.75, 3.05) is 0 Å². The van der Waals surface area contributed by atoms with E-state index in [1.807, 2.05) is 35.9 Å². The van der Waals surface area contributed by atoms with E-state index in [1.165, 1.54) is 23.0 Å². The van der Waals surface area contributed by atoms with Crippen molar-refractivity contribution in [1.82, 2.24) is 14.4 Å². The van der Waals surface area contributed by atoms with Crippen LogP contribution in [0.1, 0.15) is 11.3 Å². The standard InChI is InChI=1S/C16H12N4O2S2/c1-10-2-5-15-17-11(8-19(15)7-10)9-23-16-18-13-4-3-12(20(21)22)6-14(13)24-16/h2-8H,9H2,1H3. The zero-order valence-corrected chi connectivity index (χ0v) is 14.3. The molecule has 0 N–H and O–H groups in total. The van der Waals surface area contributed by atoms with Gasteiger partial charge in [-0.2, -0.15) is 0 Å². The van der Waals surface area contributed by atoms with Crippen molar-refractivity contribution in [3.8, 4) is 0 Å². The highest BCUT2D eigenvalue weighted by molar-refractivity contribution is 8.00. The number of hydrogen-bond donors (Lipinski definition) is 0. The smallest absolute Gasteiger partial charge is 0.270 e. The number of imidazole rings is 1. The molecule has 0 saturated heterocycles. The fraction of sp³-hybridized carbons (Fsp3) is 0.125. The highest BCUT2D eigenvalue weighted by atomic mass is 32.2. The Balaban J connectivity index is 1.56. The van der Waals surface area contributed by atoms with Crippen molar-refractivity contribution in [3.63, 3.8) is 0 Å². The van der Waals surface area contributed by atoms with Gasteiger partial charge in [-0.25, -0.2) is 9.97 Å². The molecule has 0 unspecified atom stereocenters. The Hall–Kier alpha value is -2.45. The van der Waals surface area contributed by atoms with Gasteiger partial charge < -0.3 is 4.40 Å². The number of aryl methyl sites for hydroxylation is 1. The lowest BCUT2D eigenvalue weighted by molar-refractivity contribution is -0.384. The number of pyridine rings is 1. The van der Waals surface area contributed by atoms with E-state index in [2.05, 4.69) is 9.97 Å². The van der Waals surface area contributed by atoms with E-state index in [1.54, 1.807) is 23.9 Å². The monoisotopic (exact) mass is 356 g/mol. The van der Waals surface area contributed by atoms with Gasteiger partial charge in [0.25, 0.3) is 5.69 Å². The molecule has 0 bridgehead atoms. The molecule has 0 aliphatic carbocycles. The summed E-state index contributed by atoms with van der Waals surface area (Å²) in [6.45, 7) is 2.05. The minimum absolute atomic E-state index is 0.0958. The van der Waals surface area contributed by atoms with Crippen LogP contribution >= 0.6 is 23.1 Å². The number of thiazole rings is 1. The molecule has 0 aliphatic heterocycles. The van der Waals surface area contributed by atoms with Gasteiger partial charge >= 0.3 is 0 Å². The minimum Gasteiger partial charge on any atom is -0.307 e. The quantitative estimate of drug-likeness (QED) is 0.307. The molecular weight excluding hydrogens is 344 g/mol. The first-order valence-electron chi connectivity index (χ1n) is 7.20. The molecule has 4 aromatic rings. The Morgan fingerprint density at radius 3 is 2.96 bits per heavy atom. The summed E-state index contributed by atoms with van der Waals surface area (Å²) in [5.41, 5.74) is 3.98. The number of thioether (sulfide) groups is 1. The molecule has 4 rings (SSSR count). The normalized spacial score (nSPS) is 11.4. The Kier molecular flexibility index (Phi) is 3.70. The largest absolute Gasteiger partial charge is 0.307 e. The summed E-state index contributed by atoms with van der Waals surface area (Å²) in [6.07, 6.45) is 4.07. The fourth-order valence-electron chi connectivity index (χ4n) is 2.43. The summed E-state index contributed by atoms with van der Waals surface area (Å²) in [5.74, 6) is 0.711. The van der Waals surface area contributed by atoms with Gasteiger partial charge in [-0.15, -0.1) is 11.3 Å². The maximum Gasteiger partial charge on any atom is 0.270 e. The molecule has 0 spiro atoms. The third-order valence-corrected chi connectivity index (χ3v) is 5.75. The van der Waals surface area contributed by atoms with Gasteiger partial charge in [0.1, 0.15) is 5.65 Å². The Bertz CT molecular complexity index is 1070. The van der Waals surface area contributed by atoms with E-state index in [0.717, 1.165) is 25.9 Å². The van der Waals surface area contributed by atoms with Crippen LogP contribution in [0.15, 0.2) is 47.1 Å². The molecule has 24 heavy (non-hydrogen) atoms. The number of aromatic nitrogens is 3. The number of nitrogens with zero attached hydrogens (tertiary/aromatic N) is 4. The minimum atomic E-state index is -0.384. The molecular formula is C16H12N4O2S2. The molecule has 0 aliphatic rings. The van der Waals surface area contributed by atoms with E-state index >= 15 is 0 Å². The molecule has 3 aromatic heterocycles. The van der Waals surface area contributed by atoms with Gasteiger partial charge in [0, 0.05) is 30.3 Å². The van der Waals surface area contributed by atoms with Crippen LogP contribution in [-0.4, -0.2) is 19.3 Å². The van der Waals surface area contributed by atoms with Crippen LogP contribution in [0, 0.1) is 17.0 Å². The molecule has 6 nitrogen and oxygen atoms in total. The molecule has 0 saturated carbocycles. The fourth-order valence-corrected chi connectivity index (χ4v) is 4.41. The van der Waals surface area contributed by atoms with Gasteiger partial charge in [-0.3, -0.25) is 10.1 Å². The van der Waals surface area contributed by atoms with Gasteiger partial charge in [0.2, 0.25) is 0 Å². The van der Waals surface area contributed by atoms with Gasteiger partial charge in [0.05, 0.1) is 20.8 Å². The van der Waals surface area contributed by atoms with Crippen molar-refractivity contribution in [3.05, 3.63) is 64.1 Å². The van der Waals surface area contributed by atoms with Crippen LogP contribution in [0.25, 0.3) is 15.9 Å². The maximum atomic E-state index is 10.8. The average molecular weight is 356 g/mol. The van der Waals surface area contributed by atoms with E-state index in [0.29, 0.717) is 5.75 Å². The molecule has 3 heterocycles. The zero-order valence-electron chi connectivity index (χ0n) is 12.7. The topological polar surface area (TPSA) is 73.3 Å². The Morgan fingerprint density at radius 1 is 1.25 bits per heavy atom. The summed E-state index contributed by atoms with van der Waals surface area (Å²) in [5, 5.41) is 10.8. The number of hydrogen-bond acceptors (Lipinski definition) is 6. The van der Waals surface area contributed by atoms with Crippen LogP contribution in [-0.2, 0) is 5.75 Å². The summed E-state index contributed by atoms with van der Waals surface area (Å²) in [4.78, 5) is 19.6. The first-order valence-corrected chi connectivity index (χ1v) is 9.01. The van der Waals surface area contributed by atoms with Crippen LogP contribution in [0.2, 0.25) is 0 Å². The number of non-ortho nitro benzene ring substituents is 1. The van der Waals surface area contributed by atoms with Crippen LogP contribution in [0.5, 0.6) is 0 Å². The number of nitro benzene ring substituents is 1. The first-order chi connectivity index (χ1) is 11.6. The molecule has 0 radical (unpaired) electrons. The molecule has 0 fully saturated rings. The van der Waals surface area contributed by atoms with E-state index < -0.39 is 0 Å². The highest BCUT2D eigenvalue weighted by Gasteiger charge is 2.11. The van der Waals surface area contributed by atoms with Gasteiger partial charge in [0.15, 0.2) is 4.34 Å². The lowest BCUT2D eigenvalue weighted by atomic mass is 10.3. The van der Waals surface area contributed by atoms with Crippen LogP contribution in [0.4, 0.5) is 5.69 Å². The van der Waals surface area contributed by atoms with Crippen molar-refractivity contribution < 1.29 is 4.92 Å². The first kappa shape index (κ1) is 15.1. The predicted octanol–water partition coefficient (Wildman–Crippen LogP) is 4.45. The molecule has 8 heteroatoms. The highest BCUT2D eigenvalue weighted by Crippen LogP contribution is 2.33. The third-order valence-electron chi connectivity index (χ3n) is 3.56. The van der Waals surface area contributed by atoms with E-state index in [9.17, 15) is 10.1 Å². The van der Waals surface area contributed by atoms with Gasteiger partial charge in [-0.1, -0.05) is 17.8 Å². The number of benzene rings is 1. The second kappa shape index (κ2) is 5.88. The summed E-state index contributed by atoms with van der Waals surface area (Å²) in [7, 11) is 0. The van der Waals surface area contributed by atoms with Crippen molar-refractivity contribution in [2.45, 2.75) is 17.0 Å². The summed E-state index contributed by atoms with van der Waals surface area (Å²) < 4.78 is 3.74. The number of nitro groups is 1. The SMILES string of the molecule is Cc1ccc2nc(CSc3nc4ccc([N+](=O)[O-])cc4s3)cn2c1. The van der Waals surface area contributed by atoms with Crippen molar-refractivity contribution >= 4 is 44.6 Å². The third kappa shape index (κ3) is 2.85. The molecule has 120 valence electrons. The number of fused-ring (bicyclic) bond motifs is 2. The molecule has 0 amide bonds. The van der Waals surface area contributed by atoms with Crippen LogP contribution in [0.3, 0.4) is 0 Å².